The van der Waals surface area contributed by atoms with Crippen molar-refractivity contribution < 1.29 is 23.7 Å². The molecule has 5 rings (SSSR count). The minimum absolute atomic E-state index is 0.0310. The molecule has 2 aromatic carbocycles. The molecule has 2 aliphatic heterocycles. The highest BCUT2D eigenvalue weighted by Gasteiger charge is 2.58. The van der Waals surface area contributed by atoms with Crippen LogP contribution < -0.4 is 14.2 Å². The van der Waals surface area contributed by atoms with Crippen LogP contribution in [0.15, 0.2) is 36.4 Å². The van der Waals surface area contributed by atoms with Crippen LogP contribution in [0.3, 0.4) is 0 Å². The van der Waals surface area contributed by atoms with Gasteiger partial charge in [-0.2, -0.15) is 0 Å². The summed E-state index contributed by atoms with van der Waals surface area (Å²) in [6.07, 6.45) is 2.33. The van der Waals surface area contributed by atoms with Crippen molar-refractivity contribution in [2.24, 2.45) is 5.92 Å². The first kappa shape index (κ1) is 21.1. The smallest absolute Gasteiger partial charge is 0.338 e. The molecule has 0 bridgehead atoms. The van der Waals surface area contributed by atoms with Crippen LogP contribution in [0.25, 0.3) is 0 Å². The van der Waals surface area contributed by atoms with Gasteiger partial charge in [-0.1, -0.05) is 13.0 Å². The molecule has 0 N–H and O–H groups in total. The second-order valence-electron chi connectivity index (χ2n) is 9.39. The molecule has 1 fully saturated rings. The predicted molar refractivity (Wildman–Crippen MR) is 121 cm³/mol. The molecule has 3 aliphatic rings. The molecule has 4 atom stereocenters. The van der Waals surface area contributed by atoms with Crippen molar-refractivity contribution in [3.63, 3.8) is 0 Å². The van der Waals surface area contributed by atoms with Gasteiger partial charge < -0.3 is 23.8 Å². The number of methoxy groups -OCH3 is 2. The molecule has 1 aliphatic carbocycles. The SMILES string of the molecule is COc1ccc(C(=O)O[C@H]2CC(C)[C@@]34CCN(C)Cc5ccc(OC)c(c53)OC4C2)cc1. The lowest BCUT2D eigenvalue weighted by molar-refractivity contribution is -0.0378. The summed E-state index contributed by atoms with van der Waals surface area (Å²) in [5.41, 5.74) is 3.10. The van der Waals surface area contributed by atoms with Crippen molar-refractivity contribution in [2.45, 2.75) is 50.4 Å². The monoisotopic (exact) mass is 437 g/mol. The Hall–Kier alpha value is -2.73. The van der Waals surface area contributed by atoms with Gasteiger partial charge in [-0.05, 0) is 68.2 Å². The summed E-state index contributed by atoms with van der Waals surface area (Å²) < 4.78 is 23.4. The first-order chi connectivity index (χ1) is 15.5. The fourth-order valence-corrected chi connectivity index (χ4v) is 6.02. The Morgan fingerprint density at radius 2 is 1.88 bits per heavy atom. The van der Waals surface area contributed by atoms with Crippen molar-refractivity contribution in [2.75, 3.05) is 27.8 Å². The summed E-state index contributed by atoms with van der Waals surface area (Å²) in [6.45, 7) is 4.21. The van der Waals surface area contributed by atoms with Crippen molar-refractivity contribution in [3.05, 3.63) is 53.1 Å². The molecule has 170 valence electrons. The number of nitrogens with zero attached hydrogens (tertiary/aromatic N) is 1. The first-order valence-electron chi connectivity index (χ1n) is 11.4. The fraction of sp³-hybridized carbons (Fsp3) is 0.500. The Balaban J connectivity index is 1.43. The number of benzene rings is 2. The number of hydrogen-bond donors (Lipinski definition) is 0. The van der Waals surface area contributed by atoms with E-state index in [0.717, 1.165) is 43.2 Å². The Bertz CT molecular complexity index is 1020. The number of carbonyl (C=O) groups is 1. The average molecular weight is 438 g/mol. The van der Waals surface area contributed by atoms with E-state index in [-0.39, 0.29) is 23.6 Å². The maximum Gasteiger partial charge on any atom is 0.338 e. The van der Waals surface area contributed by atoms with Gasteiger partial charge in [-0.15, -0.1) is 0 Å². The molecule has 0 radical (unpaired) electrons. The van der Waals surface area contributed by atoms with E-state index in [0.29, 0.717) is 17.9 Å². The van der Waals surface area contributed by atoms with Crippen LogP contribution in [-0.2, 0) is 16.7 Å². The summed E-state index contributed by atoms with van der Waals surface area (Å²) in [7, 11) is 5.48. The summed E-state index contributed by atoms with van der Waals surface area (Å²) in [4.78, 5) is 15.2. The number of hydrogen-bond acceptors (Lipinski definition) is 6. The summed E-state index contributed by atoms with van der Waals surface area (Å²) in [5, 5.41) is 0. The third kappa shape index (κ3) is 3.24. The van der Waals surface area contributed by atoms with E-state index in [1.165, 1.54) is 11.1 Å². The summed E-state index contributed by atoms with van der Waals surface area (Å²) in [6, 6.07) is 11.3. The zero-order valence-electron chi connectivity index (χ0n) is 19.2. The molecule has 2 aromatic rings. The Labute approximate surface area is 189 Å². The molecule has 32 heavy (non-hydrogen) atoms. The van der Waals surface area contributed by atoms with Crippen LogP contribution in [0, 0.1) is 5.92 Å². The van der Waals surface area contributed by atoms with Gasteiger partial charge in [0.05, 0.1) is 19.8 Å². The van der Waals surface area contributed by atoms with E-state index in [9.17, 15) is 4.79 Å². The third-order valence-electron chi connectivity index (χ3n) is 7.65. The predicted octanol–water partition coefficient (Wildman–Crippen LogP) is 4.19. The van der Waals surface area contributed by atoms with Crippen molar-refractivity contribution in [3.8, 4) is 17.2 Å². The molecule has 0 amide bonds. The van der Waals surface area contributed by atoms with Crippen LogP contribution in [0.2, 0.25) is 0 Å². The van der Waals surface area contributed by atoms with Crippen LogP contribution in [0.5, 0.6) is 17.2 Å². The van der Waals surface area contributed by atoms with Crippen molar-refractivity contribution >= 4 is 5.97 Å². The average Bonchev–Trinajstić information content (AvgIpc) is 3.05. The zero-order chi connectivity index (χ0) is 22.5. The van der Waals surface area contributed by atoms with E-state index >= 15 is 0 Å². The van der Waals surface area contributed by atoms with E-state index in [2.05, 4.69) is 24.9 Å². The molecule has 1 spiro atoms. The highest BCUT2D eigenvalue weighted by Crippen LogP contribution is 2.59. The van der Waals surface area contributed by atoms with Crippen LogP contribution >= 0.6 is 0 Å². The lowest BCUT2D eigenvalue weighted by Crippen LogP contribution is -2.52. The standard InChI is InChI=1S/C26H31NO5/c1-16-13-20(31-25(28)17-5-8-19(29-3)9-6-17)14-22-26(16)11-12-27(2)15-18-7-10-21(30-4)24(32-22)23(18)26/h5-10,16,20,22H,11-15H2,1-4H3/t16?,20-,22?,26+/m0/s1. The van der Waals surface area contributed by atoms with Crippen LogP contribution in [0.1, 0.15) is 47.7 Å². The minimum Gasteiger partial charge on any atom is -0.497 e. The van der Waals surface area contributed by atoms with Gasteiger partial charge in [0.2, 0.25) is 0 Å². The number of carbonyl (C=O) groups excluding carboxylic acids is 1. The largest absolute Gasteiger partial charge is 0.497 e. The number of esters is 1. The Kier molecular flexibility index (Phi) is 5.28. The second-order valence-corrected chi connectivity index (χ2v) is 9.39. The minimum atomic E-state index is -0.296. The summed E-state index contributed by atoms with van der Waals surface area (Å²) >= 11 is 0. The third-order valence-corrected chi connectivity index (χ3v) is 7.65. The molecular weight excluding hydrogens is 406 g/mol. The van der Waals surface area contributed by atoms with Crippen molar-refractivity contribution in [1.82, 2.24) is 4.90 Å². The van der Waals surface area contributed by atoms with E-state index < -0.39 is 0 Å². The van der Waals surface area contributed by atoms with Crippen LogP contribution in [-0.4, -0.2) is 50.9 Å². The van der Waals surface area contributed by atoms with E-state index in [4.69, 9.17) is 18.9 Å². The molecule has 6 nitrogen and oxygen atoms in total. The lowest BCUT2D eigenvalue weighted by atomic mass is 9.59. The van der Waals surface area contributed by atoms with Gasteiger partial charge in [-0.25, -0.2) is 4.79 Å². The normalized spacial score (nSPS) is 28.7. The molecule has 6 heteroatoms. The van der Waals surface area contributed by atoms with Gasteiger partial charge in [0, 0.05) is 23.9 Å². The quantitative estimate of drug-likeness (QED) is 0.669. The van der Waals surface area contributed by atoms with Gasteiger partial charge in [0.1, 0.15) is 18.0 Å². The number of ether oxygens (including phenoxy) is 4. The second kappa shape index (κ2) is 8.00. The van der Waals surface area contributed by atoms with Gasteiger partial charge in [0.25, 0.3) is 0 Å². The molecule has 0 aromatic heterocycles. The number of rotatable bonds is 4. The lowest BCUT2D eigenvalue weighted by Gasteiger charge is -2.46. The maximum absolute atomic E-state index is 12.8. The molecule has 0 saturated heterocycles. The highest BCUT2D eigenvalue weighted by molar-refractivity contribution is 5.89. The molecule has 2 heterocycles. The molecule has 1 saturated carbocycles. The van der Waals surface area contributed by atoms with Crippen molar-refractivity contribution in [1.29, 1.82) is 0 Å². The maximum atomic E-state index is 12.8. The van der Waals surface area contributed by atoms with E-state index in [1.54, 1.807) is 38.5 Å². The molecular formula is C26H31NO5. The zero-order valence-corrected chi connectivity index (χ0v) is 19.2. The Morgan fingerprint density at radius 3 is 2.59 bits per heavy atom. The van der Waals surface area contributed by atoms with Gasteiger partial charge >= 0.3 is 5.97 Å². The highest BCUT2D eigenvalue weighted by atomic mass is 16.6. The van der Waals surface area contributed by atoms with Gasteiger partial charge in [0.15, 0.2) is 11.5 Å². The van der Waals surface area contributed by atoms with Gasteiger partial charge in [-0.3, -0.25) is 0 Å². The Morgan fingerprint density at radius 1 is 1.09 bits per heavy atom. The van der Waals surface area contributed by atoms with E-state index in [1.807, 2.05) is 6.07 Å². The summed E-state index contributed by atoms with van der Waals surface area (Å²) in [5.74, 6) is 2.42. The molecule has 2 unspecified atom stereocenters. The topological polar surface area (TPSA) is 57.2 Å². The van der Waals surface area contributed by atoms with Crippen LogP contribution in [0.4, 0.5) is 0 Å². The first-order valence-corrected chi connectivity index (χ1v) is 11.4. The fourth-order valence-electron chi connectivity index (χ4n) is 6.02.